The van der Waals surface area contributed by atoms with E-state index < -0.39 is 0 Å². The van der Waals surface area contributed by atoms with Gasteiger partial charge in [-0.3, -0.25) is 4.79 Å². The highest BCUT2D eigenvalue weighted by molar-refractivity contribution is 6.31. The number of rotatable bonds is 3. The minimum Gasteiger partial charge on any atom is -0.297 e. The molecule has 0 saturated heterocycles. The second-order valence-electron chi connectivity index (χ2n) is 12.4. The van der Waals surface area contributed by atoms with E-state index in [1.54, 1.807) is 10.9 Å². The number of fused-ring (bicyclic) bond motifs is 6. The van der Waals surface area contributed by atoms with Crippen LogP contribution in [-0.2, 0) is 11.3 Å². The average molecular weight is 469 g/mol. The van der Waals surface area contributed by atoms with E-state index in [1.165, 1.54) is 51.4 Å². The Bertz CT molecular complexity index is 1080. The molecule has 5 nitrogen and oxygen atoms in total. The summed E-state index contributed by atoms with van der Waals surface area (Å²) < 4.78 is 1.70. The van der Waals surface area contributed by atoms with Gasteiger partial charge in [0.15, 0.2) is 5.78 Å². The maximum absolute atomic E-state index is 13.6. The third-order valence-electron chi connectivity index (χ3n) is 11.0. The van der Waals surface area contributed by atoms with Crippen LogP contribution in [0.4, 0.5) is 0 Å². The van der Waals surface area contributed by atoms with Crippen LogP contribution in [0.25, 0.3) is 11.2 Å². The van der Waals surface area contributed by atoms with Crippen LogP contribution < -0.4 is 0 Å². The highest BCUT2D eigenvalue weighted by Gasteiger charge is 2.60. The lowest BCUT2D eigenvalue weighted by atomic mass is 9.44. The zero-order valence-electron chi connectivity index (χ0n) is 20.3. The maximum atomic E-state index is 13.6. The minimum absolute atomic E-state index is 0.131. The summed E-state index contributed by atoms with van der Waals surface area (Å²) in [5.41, 5.74) is 1.97. The van der Waals surface area contributed by atoms with Crippen molar-refractivity contribution in [3.8, 4) is 0 Å². The largest absolute Gasteiger partial charge is 0.297 e. The van der Waals surface area contributed by atoms with Crippen LogP contribution >= 0.6 is 11.6 Å². The van der Waals surface area contributed by atoms with Crippen molar-refractivity contribution >= 4 is 28.5 Å². The first kappa shape index (κ1) is 22.0. The Kier molecular flexibility index (Phi) is 5.18. The van der Waals surface area contributed by atoms with Crippen LogP contribution in [-0.4, -0.2) is 25.8 Å². The summed E-state index contributed by atoms with van der Waals surface area (Å²) >= 11 is 6.14. The quantitative estimate of drug-likeness (QED) is 0.527. The predicted molar refractivity (Wildman–Crippen MR) is 130 cm³/mol. The third-order valence-corrected chi connectivity index (χ3v) is 11.2. The van der Waals surface area contributed by atoms with Crippen LogP contribution in [0, 0.1) is 46.3 Å². The van der Waals surface area contributed by atoms with Crippen molar-refractivity contribution < 1.29 is 4.79 Å². The van der Waals surface area contributed by atoms with E-state index in [4.69, 9.17) is 11.6 Å². The summed E-state index contributed by atoms with van der Waals surface area (Å²) in [6, 6.07) is 1.81. The molecule has 0 N–H and O–H groups in total. The molecule has 0 aromatic carbocycles. The fraction of sp³-hybridized carbons (Fsp3) is 0.778. The second kappa shape index (κ2) is 7.76. The van der Waals surface area contributed by atoms with Crippen LogP contribution in [0.2, 0.25) is 5.02 Å². The SMILES string of the molecule is CC1CCC2(C)C(CCC3C2CCC2(C)C(C(=O)Cn4nnc5ncc(Cl)cc54)CCC32)C1. The minimum atomic E-state index is 0.131. The molecule has 4 fully saturated rings. The van der Waals surface area contributed by atoms with Crippen LogP contribution in [0.1, 0.15) is 78.6 Å². The molecule has 0 radical (unpaired) electrons. The normalized spacial score (nSPS) is 42.5. The van der Waals surface area contributed by atoms with E-state index in [0.29, 0.717) is 27.8 Å². The van der Waals surface area contributed by atoms with E-state index in [0.717, 1.165) is 35.6 Å². The smallest absolute Gasteiger partial charge is 0.201 e. The van der Waals surface area contributed by atoms with Gasteiger partial charge in [-0.2, -0.15) is 0 Å². The zero-order chi connectivity index (χ0) is 23.0. The maximum Gasteiger partial charge on any atom is 0.201 e. The van der Waals surface area contributed by atoms with E-state index in [-0.39, 0.29) is 17.9 Å². The molecular weight excluding hydrogens is 432 g/mol. The zero-order valence-corrected chi connectivity index (χ0v) is 21.0. The molecule has 8 atom stereocenters. The summed E-state index contributed by atoms with van der Waals surface area (Å²) in [7, 11) is 0. The van der Waals surface area contributed by atoms with Crippen molar-refractivity contribution in [2.24, 2.45) is 46.3 Å². The fourth-order valence-electron chi connectivity index (χ4n) is 9.21. The average Bonchev–Trinajstić information content (AvgIpc) is 3.34. The number of nitrogens with zero attached hydrogens (tertiary/aromatic N) is 4. The number of halogens is 1. The van der Waals surface area contributed by atoms with Gasteiger partial charge in [-0.25, -0.2) is 9.67 Å². The standard InChI is InChI=1S/C27H37ClN4O/c1-16-8-10-26(2)17(12-16)4-5-19-20-6-7-22(27(20,3)11-9-21(19)26)24(33)15-32-23-13-18(28)14-29-25(23)30-31-32/h13-14,16-17,19-22H,4-12,15H2,1-3H3. The van der Waals surface area contributed by atoms with Gasteiger partial charge >= 0.3 is 0 Å². The number of hydrogen-bond donors (Lipinski definition) is 0. The van der Waals surface area contributed by atoms with Crippen molar-refractivity contribution in [1.82, 2.24) is 20.0 Å². The summed E-state index contributed by atoms with van der Waals surface area (Å²) in [5, 5.41) is 8.91. The summed E-state index contributed by atoms with van der Waals surface area (Å²) in [6.45, 7) is 7.81. The van der Waals surface area contributed by atoms with Gasteiger partial charge in [-0.15, -0.1) is 5.10 Å². The van der Waals surface area contributed by atoms with Crippen LogP contribution in [0.15, 0.2) is 12.3 Å². The number of carbonyl (C=O) groups excluding carboxylic acids is 1. The molecule has 0 aliphatic heterocycles. The number of Topliss-reactive ketones (excluding diaryl/α,β-unsaturated/α-hetero) is 1. The Morgan fingerprint density at radius 3 is 2.73 bits per heavy atom. The molecule has 8 unspecified atom stereocenters. The van der Waals surface area contributed by atoms with Gasteiger partial charge in [0.05, 0.1) is 5.02 Å². The Balaban J connectivity index is 1.23. The van der Waals surface area contributed by atoms with Crippen molar-refractivity contribution in [1.29, 1.82) is 0 Å². The van der Waals surface area contributed by atoms with Gasteiger partial charge in [0.25, 0.3) is 0 Å². The lowest BCUT2D eigenvalue weighted by Gasteiger charge is -2.61. The molecule has 0 spiro atoms. The van der Waals surface area contributed by atoms with Gasteiger partial charge in [-0.1, -0.05) is 44.0 Å². The lowest BCUT2D eigenvalue weighted by Crippen LogP contribution is -2.53. The third kappa shape index (κ3) is 3.31. The first-order valence-electron chi connectivity index (χ1n) is 13.2. The van der Waals surface area contributed by atoms with Crippen LogP contribution in [0.3, 0.4) is 0 Å². The number of aromatic nitrogens is 4. The topological polar surface area (TPSA) is 60.7 Å². The number of ketones is 1. The molecule has 6 rings (SSSR count). The van der Waals surface area contributed by atoms with Gasteiger partial charge < -0.3 is 0 Å². The van der Waals surface area contributed by atoms with Crippen molar-refractivity contribution in [3.63, 3.8) is 0 Å². The highest BCUT2D eigenvalue weighted by atomic mass is 35.5. The molecule has 33 heavy (non-hydrogen) atoms. The Labute approximate surface area is 202 Å². The summed E-state index contributed by atoms with van der Waals surface area (Å²) in [6.07, 6.45) is 13.4. The van der Waals surface area contributed by atoms with Gasteiger partial charge in [0.2, 0.25) is 5.65 Å². The van der Waals surface area contributed by atoms with E-state index >= 15 is 0 Å². The fourth-order valence-corrected chi connectivity index (χ4v) is 9.36. The molecular formula is C27H37ClN4O. The highest BCUT2D eigenvalue weighted by Crippen LogP contribution is 2.67. The summed E-state index contributed by atoms with van der Waals surface area (Å²) in [5.74, 6) is 4.65. The molecule has 0 bridgehead atoms. The molecule has 0 amide bonds. The first-order valence-corrected chi connectivity index (χ1v) is 13.5. The monoisotopic (exact) mass is 468 g/mol. The van der Waals surface area contributed by atoms with E-state index in [2.05, 4.69) is 36.1 Å². The number of hydrogen-bond acceptors (Lipinski definition) is 4. The Morgan fingerprint density at radius 2 is 1.88 bits per heavy atom. The van der Waals surface area contributed by atoms with Gasteiger partial charge in [0.1, 0.15) is 12.1 Å². The molecule has 4 aliphatic rings. The van der Waals surface area contributed by atoms with Gasteiger partial charge in [-0.05, 0) is 97.9 Å². The second-order valence-corrected chi connectivity index (χ2v) is 12.9. The predicted octanol–water partition coefficient (Wildman–Crippen LogP) is 6.34. The van der Waals surface area contributed by atoms with E-state index in [9.17, 15) is 4.79 Å². The lowest BCUT2D eigenvalue weighted by molar-refractivity contribution is -0.137. The van der Waals surface area contributed by atoms with E-state index in [1.807, 2.05) is 6.07 Å². The van der Waals surface area contributed by atoms with Crippen molar-refractivity contribution in [3.05, 3.63) is 17.3 Å². The van der Waals surface area contributed by atoms with Crippen molar-refractivity contribution in [2.45, 2.75) is 85.1 Å². The van der Waals surface area contributed by atoms with Crippen molar-refractivity contribution in [2.75, 3.05) is 0 Å². The first-order chi connectivity index (χ1) is 15.8. The Morgan fingerprint density at radius 1 is 1.09 bits per heavy atom. The summed E-state index contributed by atoms with van der Waals surface area (Å²) in [4.78, 5) is 17.9. The molecule has 4 saturated carbocycles. The molecule has 6 heteroatoms. The number of carbonyl (C=O) groups is 1. The Hall–Kier alpha value is -1.49. The molecule has 2 heterocycles. The molecule has 2 aromatic rings. The molecule has 2 aromatic heterocycles. The molecule has 178 valence electrons. The van der Waals surface area contributed by atoms with Crippen LogP contribution in [0.5, 0.6) is 0 Å². The number of pyridine rings is 1. The van der Waals surface area contributed by atoms with Gasteiger partial charge in [0, 0.05) is 12.1 Å². The molecule has 4 aliphatic carbocycles.